The van der Waals surface area contributed by atoms with E-state index in [1.807, 2.05) is 24.3 Å². The van der Waals surface area contributed by atoms with Gasteiger partial charge in [-0.2, -0.15) is 0 Å². The number of nitrogens with zero attached hydrogens (tertiary/aromatic N) is 1. The summed E-state index contributed by atoms with van der Waals surface area (Å²) in [6, 6.07) is 0. The van der Waals surface area contributed by atoms with Gasteiger partial charge in [0.1, 0.15) is 0 Å². The lowest BCUT2D eigenvalue weighted by Gasteiger charge is -2.52. The van der Waals surface area contributed by atoms with Crippen molar-refractivity contribution >= 4 is 0 Å². The van der Waals surface area contributed by atoms with Crippen LogP contribution in [-0.4, -0.2) is 16.1 Å². The maximum atomic E-state index is 12.8. The topological polar surface area (TPSA) is 26.3 Å². The molecule has 0 saturated carbocycles. The Bertz CT molecular complexity index is 280. The zero-order valence-corrected chi connectivity index (χ0v) is 11.2. The molecule has 0 radical (unpaired) electrons. The van der Waals surface area contributed by atoms with Crippen molar-refractivity contribution in [3.05, 3.63) is 55.8 Å². The molecule has 0 aliphatic carbocycles. The second kappa shape index (κ2) is 6.17. The van der Waals surface area contributed by atoms with Crippen molar-refractivity contribution in [3.8, 4) is 0 Å². The fourth-order valence-corrected chi connectivity index (χ4v) is 3.15. The van der Waals surface area contributed by atoms with Crippen molar-refractivity contribution in [1.82, 2.24) is 5.06 Å². The fourth-order valence-electron chi connectivity index (χ4n) is 3.15. The van der Waals surface area contributed by atoms with E-state index in [-0.39, 0.29) is 11.1 Å². The molecule has 1 saturated heterocycles. The summed E-state index contributed by atoms with van der Waals surface area (Å²) < 4.78 is 0. The molecule has 18 heavy (non-hydrogen) atoms. The van der Waals surface area contributed by atoms with E-state index in [9.17, 15) is 5.21 Å². The van der Waals surface area contributed by atoms with Gasteiger partial charge in [0.2, 0.25) is 0 Å². The molecular formula is C16H24NO-. The highest BCUT2D eigenvalue weighted by Crippen LogP contribution is 2.48. The van der Waals surface area contributed by atoms with Crippen LogP contribution in [0.15, 0.2) is 50.6 Å². The van der Waals surface area contributed by atoms with E-state index in [1.54, 1.807) is 0 Å². The highest BCUT2D eigenvalue weighted by molar-refractivity contribution is 5.15. The van der Waals surface area contributed by atoms with Gasteiger partial charge in [0.25, 0.3) is 0 Å². The maximum absolute atomic E-state index is 12.8. The molecule has 100 valence electrons. The quantitative estimate of drug-likeness (QED) is 0.595. The molecule has 1 aliphatic heterocycles. The highest BCUT2D eigenvalue weighted by Gasteiger charge is 2.46. The van der Waals surface area contributed by atoms with Gasteiger partial charge in [-0.25, -0.2) is 0 Å². The molecule has 0 N–H and O–H groups in total. The molecule has 1 fully saturated rings. The van der Waals surface area contributed by atoms with Crippen LogP contribution in [0.25, 0.3) is 0 Å². The predicted octanol–water partition coefficient (Wildman–Crippen LogP) is 4.36. The van der Waals surface area contributed by atoms with Crippen LogP contribution in [0.5, 0.6) is 0 Å². The molecule has 0 aromatic rings. The maximum Gasteiger partial charge on any atom is 0.0165 e. The SMILES string of the molecule is C=CCC1(CC=C)CCC(CC=C)(CC=C)N1[O-]. The molecular weight excluding hydrogens is 222 g/mol. The Balaban J connectivity index is 3.05. The summed E-state index contributed by atoms with van der Waals surface area (Å²) in [5, 5.41) is 14.1. The van der Waals surface area contributed by atoms with Gasteiger partial charge in [-0.15, -0.1) is 26.3 Å². The van der Waals surface area contributed by atoms with E-state index in [0.717, 1.165) is 12.8 Å². The van der Waals surface area contributed by atoms with Crippen molar-refractivity contribution in [2.75, 3.05) is 0 Å². The third kappa shape index (κ3) is 2.50. The Labute approximate surface area is 111 Å². The number of hydrogen-bond acceptors (Lipinski definition) is 2. The lowest BCUT2D eigenvalue weighted by molar-refractivity contribution is 0.0968. The standard InChI is InChI=1S/C16H24NO/c1-5-9-15(10-6-2)13-14-16(11-7-3,12-8-4)17(15)18/h5-8H,1-4,9-14H2/q-1. The van der Waals surface area contributed by atoms with Crippen LogP contribution in [0.1, 0.15) is 38.5 Å². The van der Waals surface area contributed by atoms with Crippen LogP contribution < -0.4 is 0 Å². The first-order chi connectivity index (χ1) is 8.60. The van der Waals surface area contributed by atoms with Gasteiger partial charge in [0.05, 0.1) is 0 Å². The van der Waals surface area contributed by atoms with E-state index >= 15 is 0 Å². The van der Waals surface area contributed by atoms with E-state index in [4.69, 9.17) is 0 Å². The third-order valence-electron chi connectivity index (χ3n) is 4.01. The van der Waals surface area contributed by atoms with E-state index in [1.165, 1.54) is 5.06 Å². The third-order valence-corrected chi connectivity index (χ3v) is 4.01. The first-order valence-corrected chi connectivity index (χ1v) is 6.52. The van der Waals surface area contributed by atoms with Gasteiger partial charge in [-0.3, -0.25) is 0 Å². The molecule has 1 aliphatic rings. The highest BCUT2D eigenvalue weighted by atomic mass is 16.5. The number of rotatable bonds is 8. The zero-order chi connectivity index (χ0) is 13.6. The Hall–Kier alpha value is -1.12. The molecule has 0 amide bonds. The van der Waals surface area contributed by atoms with Crippen LogP contribution in [-0.2, 0) is 0 Å². The lowest BCUT2D eigenvalue weighted by atomic mass is 9.88. The van der Waals surface area contributed by atoms with Gasteiger partial charge >= 0.3 is 0 Å². The molecule has 0 bridgehead atoms. The van der Waals surface area contributed by atoms with E-state index in [2.05, 4.69) is 26.3 Å². The second-order valence-corrected chi connectivity index (χ2v) is 5.21. The molecule has 0 unspecified atom stereocenters. The van der Waals surface area contributed by atoms with E-state index < -0.39 is 0 Å². The monoisotopic (exact) mass is 246 g/mol. The minimum atomic E-state index is -0.366. The number of hydroxylamine groups is 2. The summed E-state index contributed by atoms with van der Waals surface area (Å²) in [7, 11) is 0. The zero-order valence-electron chi connectivity index (χ0n) is 11.2. The van der Waals surface area contributed by atoms with Crippen molar-refractivity contribution in [2.45, 2.75) is 49.6 Å². The second-order valence-electron chi connectivity index (χ2n) is 5.21. The van der Waals surface area contributed by atoms with Crippen molar-refractivity contribution in [1.29, 1.82) is 0 Å². The molecule has 2 nitrogen and oxygen atoms in total. The van der Waals surface area contributed by atoms with Gasteiger partial charge in [-0.1, -0.05) is 24.3 Å². The van der Waals surface area contributed by atoms with Crippen molar-refractivity contribution in [3.63, 3.8) is 0 Å². The number of hydrogen-bond donors (Lipinski definition) is 0. The van der Waals surface area contributed by atoms with Crippen LogP contribution in [0.2, 0.25) is 0 Å². The molecule has 0 aromatic heterocycles. The van der Waals surface area contributed by atoms with Gasteiger partial charge in [0.15, 0.2) is 0 Å². The minimum Gasteiger partial charge on any atom is -0.784 e. The first kappa shape index (κ1) is 14.9. The van der Waals surface area contributed by atoms with Gasteiger partial charge in [0, 0.05) is 11.1 Å². The van der Waals surface area contributed by atoms with E-state index in [0.29, 0.717) is 25.7 Å². The van der Waals surface area contributed by atoms with Gasteiger partial charge in [-0.05, 0) is 38.5 Å². The smallest absolute Gasteiger partial charge is 0.0165 e. The summed E-state index contributed by atoms with van der Waals surface area (Å²) >= 11 is 0. The normalized spacial score (nSPS) is 21.4. The lowest BCUT2D eigenvalue weighted by Crippen LogP contribution is -2.50. The molecule has 0 aromatic carbocycles. The molecule has 1 rings (SSSR count). The summed E-state index contributed by atoms with van der Waals surface area (Å²) in [5.41, 5.74) is -0.731. The molecule has 0 atom stereocenters. The summed E-state index contributed by atoms with van der Waals surface area (Å²) in [6.07, 6.45) is 12.0. The van der Waals surface area contributed by atoms with Gasteiger partial charge < -0.3 is 10.3 Å². The Morgan fingerprint density at radius 1 is 0.778 bits per heavy atom. The average molecular weight is 246 g/mol. The molecule has 0 spiro atoms. The summed E-state index contributed by atoms with van der Waals surface area (Å²) in [5.74, 6) is 0. The Morgan fingerprint density at radius 2 is 1.06 bits per heavy atom. The Kier molecular flexibility index (Phi) is 5.12. The van der Waals surface area contributed by atoms with Crippen LogP contribution in [0, 0.1) is 5.21 Å². The average Bonchev–Trinajstić information content (AvgIpc) is 2.58. The van der Waals surface area contributed by atoms with Crippen LogP contribution in [0.3, 0.4) is 0 Å². The first-order valence-electron chi connectivity index (χ1n) is 6.52. The largest absolute Gasteiger partial charge is 0.784 e. The van der Waals surface area contributed by atoms with Crippen LogP contribution >= 0.6 is 0 Å². The fraction of sp³-hybridized carbons (Fsp3) is 0.500. The Morgan fingerprint density at radius 3 is 1.28 bits per heavy atom. The minimum absolute atomic E-state index is 0.366. The molecule has 2 heteroatoms. The predicted molar refractivity (Wildman–Crippen MR) is 79.2 cm³/mol. The van der Waals surface area contributed by atoms with Crippen molar-refractivity contribution in [2.24, 2.45) is 0 Å². The summed E-state index contributed by atoms with van der Waals surface area (Å²) in [6.45, 7) is 15.1. The summed E-state index contributed by atoms with van der Waals surface area (Å²) in [4.78, 5) is 0. The molecule has 1 heterocycles. The van der Waals surface area contributed by atoms with Crippen molar-refractivity contribution < 1.29 is 0 Å². The van der Waals surface area contributed by atoms with Crippen LogP contribution in [0.4, 0.5) is 0 Å².